The summed E-state index contributed by atoms with van der Waals surface area (Å²) in [5.74, 6) is 0.0800. The van der Waals surface area contributed by atoms with Crippen molar-refractivity contribution in [2.75, 3.05) is 13.1 Å². The third-order valence-corrected chi connectivity index (χ3v) is 3.87. The first-order chi connectivity index (χ1) is 6.15. The number of hydrogen-bond acceptors (Lipinski definition) is 2. The summed E-state index contributed by atoms with van der Waals surface area (Å²) in [5, 5.41) is 8.92. The zero-order chi connectivity index (χ0) is 9.84. The second kappa shape index (κ2) is 4.73. The SMILES string of the molecule is CC(C)S(=O)N1CCCC(C#N)C1. The molecule has 2 atom stereocenters. The van der Waals surface area contributed by atoms with Gasteiger partial charge in [-0.15, -0.1) is 0 Å². The average Bonchev–Trinajstić information content (AvgIpc) is 2.16. The Morgan fingerprint density at radius 2 is 2.31 bits per heavy atom. The molecule has 1 heterocycles. The van der Waals surface area contributed by atoms with Gasteiger partial charge in [0.25, 0.3) is 0 Å². The van der Waals surface area contributed by atoms with Crippen molar-refractivity contribution < 1.29 is 4.21 Å². The highest BCUT2D eigenvalue weighted by Crippen LogP contribution is 2.18. The predicted molar refractivity (Wildman–Crippen MR) is 53.2 cm³/mol. The monoisotopic (exact) mass is 200 g/mol. The van der Waals surface area contributed by atoms with E-state index in [1.807, 2.05) is 18.2 Å². The van der Waals surface area contributed by atoms with Gasteiger partial charge in [0.2, 0.25) is 0 Å². The summed E-state index contributed by atoms with van der Waals surface area (Å²) in [5.41, 5.74) is 0. The molecule has 0 aromatic rings. The highest BCUT2D eigenvalue weighted by Gasteiger charge is 2.24. The number of piperidine rings is 1. The predicted octanol–water partition coefficient (Wildman–Crippen LogP) is 1.29. The minimum absolute atomic E-state index is 0.0800. The molecule has 1 rings (SSSR count). The molecule has 2 unspecified atom stereocenters. The molecular formula is C9H16N2OS. The Bertz CT molecular complexity index is 234. The summed E-state index contributed by atoms with van der Waals surface area (Å²) in [7, 11) is -0.898. The molecule has 4 heteroatoms. The largest absolute Gasteiger partial charge is 0.242 e. The van der Waals surface area contributed by atoms with E-state index in [0.29, 0.717) is 6.54 Å². The first-order valence-corrected chi connectivity index (χ1v) is 5.87. The molecule has 0 bridgehead atoms. The van der Waals surface area contributed by atoms with Gasteiger partial charge in [-0.1, -0.05) is 0 Å². The number of hydrogen-bond donors (Lipinski definition) is 0. The van der Waals surface area contributed by atoms with Gasteiger partial charge in [-0.05, 0) is 26.7 Å². The third kappa shape index (κ3) is 2.78. The highest BCUT2D eigenvalue weighted by atomic mass is 32.2. The Kier molecular flexibility index (Phi) is 3.89. The standard InChI is InChI=1S/C9H16N2OS/c1-8(2)13(12)11-5-3-4-9(6-10)7-11/h8-9H,3-5,7H2,1-2H3. The van der Waals surface area contributed by atoms with Crippen molar-refractivity contribution in [2.45, 2.75) is 31.9 Å². The smallest absolute Gasteiger partial charge is 0.0968 e. The quantitative estimate of drug-likeness (QED) is 0.674. The topological polar surface area (TPSA) is 44.1 Å². The maximum absolute atomic E-state index is 11.7. The van der Waals surface area contributed by atoms with Crippen LogP contribution < -0.4 is 0 Å². The summed E-state index contributed by atoms with van der Waals surface area (Å²) in [6, 6.07) is 2.25. The van der Waals surface area contributed by atoms with Crippen LogP contribution in [0, 0.1) is 17.2 Å². The summed E-state index contributed by atoms with van der Waals surface area (Å²) in [4.78, 5) is 0. The minimum Gasteiger partial charge on any atom is -0.242 e. The zero-order valence-electron chi connectivity index (χ0n) is 8.19. The van der Waals surface area contributed by atoms with Gasteiger partial charge in [0.1, 0.15) is 0 Å². The number of rotatable bonds is 2. The van der Waals surface area contributed by atoms with Crippen molar-refractivity contribution in [3.8, 4) is 6.07 Å². The van der Waals surface area contributed by atoms with Crippen molar-refractivity contribution in [1.82, 2.24) is 4.31 Å². The van der Waals surface area contributed by atoms with E-state index in [9.17, 15) is 4.21 Å². The molecule has 0 amide bonds. The van der Waals surface area contributed by atoms with Gasteiger partial charge in [-0.3, -0.25) is 0 Å². The fraction of sp³-hybridized carbons (Fsp3) is 0.889. The molecule has 13 heavy (non-hydrogen) atoms. The van der Waals surface area contributed by atoms with E-state index < -0.39 is 11.0 Å². The lowest BCUT2D eigenvalue weighted by Gasteiger charge is -2.29. The van der Waals surface area contributed by atoms with Gasteiger partial charge in [0, 0.05) is 18.3 Å². The van der Waals surface area contributed by atoms with Crippen LogP contribution in [-0.4, -0.2) is 26.9 Å². The van der Waals surface area contributed by atoms with Crippen LogP contribution in [0.2, 0.25) is 0 Å². The van der Waals surface area contributed by atoms with E-state index in [-0.39, 0.29) is 11.2 Å². The third-order valence-electron chi connectivity index (χ3n) is 2.22. The van der Waals surface area contributed by atoms with E-state index in [4.69, 9.17) is 5.26 Å². The van der Waals surface area contributed by atoms with Crippen molar-refractivity contribution in [2.24, 2.45) is 5.92 Å². The van der Waals surface area contributed by atoms with Gasteiger partial charge in [0.05, 0.1) is 23.0 Å². The maximum atomic E-state index is 11.7. The summed E-state index contributed by atoms with van der Waals surface area (Å²) < 4.78 is 13.6. The van der Waals surface area contributed by atoms with E-state index in [0.717, 1.165) is 19.4 Å². The van der Waals surface area contributed by atoms with Crippen molar-refractivity contribution >= 4 is 11.0 Å². The molecule has 1 fully saturated rings. The second-order valence-corrected chi connectivity index (χ2v) is 5.69. The average molecular weight is 200 g/mol. The molecule has 0 saturated carbocycles. The van der Waals surface area contributed by atoms with Gasteiger partial charge in [-0.25, -0.2) is 8.51 Å². The van der Waals surface area contributed by atoms with Crippen LogP contribution in [0.3, 0.4) is 0 Å². The lowest BCUT2D eigenvalue weighted by molar-refractivity contribution is 0.317. The van der Waals surface area contributed by atoms with E-state index in [1.54, 1.807) is 0 Å². The van der Waals surface area contributed by atoms with Crippen LogP contribution in [-0.2, 0) is 11.0 Å². The lowest BCUT2D eigenvalue weighted by Crippen LogP contribution is -2.38. The van der Waals surface area contributed by atoms with Crippen molar-refractivity contribution in [3.63, 3.8) is 0 Å². The molecule has 0 aliphatic carbocycles. The minimum atomic E-state index is -0.898. The molecule has 1 saturated heterocycles. The first-order valence-electron chi connectivity index (χ1n) is 4.70. The van der Waals surface area contributed by atoms with Crippen LogP contribution in [0.5, 0.6) is 0 Å². The van der Waals surface area contributed by atoms with Crippen LogP contribution in [0.4, 0.5) is 0 Å². The van der Waals surface area contributed by atoms with Crippen LogP contribution >= 0.6 is 0 Å². The number of nitriles is 1. The lowest BCUT2D eigenvalue weighted by atomic mass is 10.0. The maximum Gasteiger partial charge on any atom is 0.0968 e. The Morgan fingerprint density at radius 3 is 2.85 bits per heavy atom. The van der Waals surface area contributed by atoms with Gasteiger partial charge in [-0.2, -0.15) is 5.26 Å². The highest BCUT2D eigenvalue weighted by molar-refractivity contribution is 7.83. The van der Waals surface area contributed by atoms with Crippen LogP contribution in [0.25, 0.3) is 0 Å². The molecule has 0 aromatic heterocycles. The van der Waals surface area contributed by atoms with E-state index >= 15 is 0 Å². The van der Waals surface area contributed by atoms with E-state index in [1.165, 1.54) is 0 Å². The normalized spacial score (nSPS) is 27.1. The fourth-order valence-electron chi connectivity index (χ4n) is 1.51. The molecule has 3 nitrogen and oxygen atoms in total. The fourth-order valence-corrected chi connectivity index (χ4v) is 2.74. The Labute approximate surface area is 82.3 Å². The summed E-state index contributed by atoms with van der Waals surface area (Å²) >= 11 is 0. The van der Waals surface area contributed by atoms with E-state index in [2.05, 4.69) is 6.07 Å². The molecule has 74 valence electrons. The molecule has 1 aliphatic rings. The summed E-state index contributed by atoms with van der Waals surface area (Å²) in [6.07, 6.45) is 1.96. The Morgan fingerprint density at radius 1 is 1.62 bits per heavy atom. The molecular weight excluding hydrogens is 184 g/mol. The molecule has 1 aliphatic heterocycles. The number of nitrogens with zero attached hydrogens (tertiary/aromatic N) is 2. The summed E-state index contributed by atoms with van der Waals surface area (Å²) in [6.45, 7) is 5.46. The molecule has 0 radical (unpaired) electrons. The molecule has 0 spiro atoms. The first kappa shape index (κ1) is 10.7. The Hall–Kier alpha value is -0.400. The van der Waals surface area contributed by atoms with Gasteiger partial charge >= 0.3 is 0 Å². The molecule has 0 N–H and O–H groups in total. The van der Waals surface area contributed by atoms with Gasteiger partial charge < -0.3 is 0 Å². The van der Waals surface area contributed by atoms with Crippen molar-refractivity contribution in [1.29, 1.82) is 5.26 Å². The zero-order valence-corrected chi connectivity index (χ0v) is 9.01. The van der Waals surface area contributed by atoms with Crippen LogP contribution in [0.1, 0.15) is 26.7 Å². The van der Waals surface area contributed by atoms with Crippen molar-refractivity contribution in [3.05, 3.63) is 0 Å². The molecule has 0 aromatic carbocycles. The van der Waals surface area contributed by atoms with Gasteiger partial charge in [0.15, 0.2) is 0 Å². The second-order valence-electron chi connectivity index (χ2n) is 3.68. The Balaban J connectivity index is 2.52. The van der Waals surface area contributed by atoms with Crippen LogP contribution in [0.15, 0.2) is 0 Å².